The smallest absolute Gasteiger partial charge is 0.323 e. The van der Waals surface area contributed by atoms with Gasteiger partial charge in [0.25, 0.3) is 10.0 Å². The van der Waals surface area contributed by atoms with Crippen molar-refractivity contribution in [2.45, 2.75) is 49.9 Å². The number of phenols is 1. The first-order chi connectivity index (χ1) is 24.2. The van der Waals surface area contributed by atoms with Crippen LogP contribution in [0.1, 0.15) is 48.5 Å². The summed E-state index contributed by atoms with van der Waals surface area (Å²) in [6.07, 6.45) is 3.30. The molecule has 0 aliphatic carbocycles. The molecule has 50 heavy (non-hydrogen) atoms. The van der Waals surface area contributed by atoms with E-state index in [-0.39, 0.29) is 17.3 Å². The number of anilines is 3. The number of carbonyl (C=O) groups excluding carboxylic acids is 1. The number of carbonyl (C=O) groups is 1. The molecule has 12 nitrogen and oxygen atoms in total. The molecule has 4 aromatic carbocycles. The van der Waals surface area contributed by atoms with Crippen LogP contribution in [0.25, 0.3) is 0 Å². The second-order valence-electron chi connectivity index (χ2n) is 11.6. The Morgan fingerprint density at radius 1 is 0.740 bits per heavy atom. The average molecular weight is 707 g/mol. The largest absolute Gasteiger partial charge is 0.508 e. The van der Waals surface area contributed by atoms with Crippen LogP contribution in [-0.4, -0.2) is 62.7 Å². The zero-order valence-corrected chi connectivity index (χ0v) is 28.7. The maximum absolute atomic E-state index is 12.7. The monoisotopic (exact) mass is 706 g/mol. The number of urea groups is 1. The van der Waals surface area contributed by atoms with Crippen molar-refractivity contribution in [3.63, 3.8) is 0 Å². The molecule has 0 bridgehead atoms. The highest BCUT2D eigenvalue weighted by atomic mass is 32.2. The van der Waals surface area contributed by atoms with E-state index in [4.69, 9.17) is 9.47 Å². The van der Waals surface area contributed by atoms with Crippen LogP contribution in [0.2, 0.25) is 0 Å². The van der Waals surface area contributed by atoms with E-state index in [0.717, 1.165) is 37.8 Å². The highest BCUT2D eigenvalue weighted by Gasteiger charge is 2.14. The van der Waals surface area contributed by atoms with Crippen LogP contribution in [0.3, 0.4) is 0 Å². The third-order valence-electron chi connectivity index (χ3n) is 7.64. The number of amides is 2. The van der Waals surface area contributed by atoms with Crippen molar-refractivity contribution in [3.8, 4) is 5.75 Å². The van der Waals surface area contributed by atoms with Crippen LogP contribution in [0, 0.1) is 0 Å². The fourth-order valence-corrected chi connectivity index (χ4v) is 6.09. The summed E-state index contributed by atoms with van der Waals surface area (Å²) in [7, 11) is -3.76. The van der Waals surface area contributed by atoms with Crippen molar-refractivity contribution >= 4 is 33.1 Å². The zero-order valence-electron chi connectivity index (χ0n) is 27.9. The molecule has 0 fully saturated rings. The lowest BCUT2D eigenvalue weighted by atomic mass is 10.1. The Bertz CT molecular complexity index is 1740. The predicted octanol–water partition coefficient (Wildman–Crippen LogP) is 5.75. The van der Waals surface area contributed by atoms with Gasteiger partial charge in [0, 0.05) is 30.1 Å². The van der Waals surface area contributed by atoms with E-state index in [2.05, 4.69) is 20.7 Å². The Kier molecular flexibility index (Phi) is 15.5. The first-order valence-corrected chi connectivity index (χ1v) is 18.0. The summed E-state index contributed by atoms with van der Waals surface area (Å²) in [5, 5.41) is 38.0. The fraction of sp³-hybridized carbons (Fsp3) is 0.324. The van der Waals surface area contributed by atoms with Gasteiger partial charge in [-0.05, 0) is 85.1 Å². The van der Waals surface area contributed by atoms with Gasteiger partial charge in [-0.3, -0.25) is 4.72 Å². The molecule has 0 radical (unpaired) electrons. The molecule has 0 spiro atoms. The number of aliphatic hydroxyl groups excluding tert-OH is 2. The van der Waals surface area contributed by atoms with Crippen LogP contribution in [0.15, 0.2) is 102 Å². The van der Waals surface area contributed by atoms with Gasteiger partial charge in [0.05, 0.1) is 43.1 Å². The summed E-state index contributed by atoms with van der Waals surface area (Å²) in [4.78, 5) is 12.8. The average Bonchev–Trinajstić information content (AvgIpc) is 3.11. The summed E-state index contributed by atoms with van der Waals surface area (Å²) < 4.78 is 39.2. The van der Waals surface area contributed by atoms with Gasteiger partial charge >= 0.3 is 6.03 Å². The SMILES string of the molecule is O=C(Nc1cccc(COCCOCCCCCCNC[C@H](O)c2ccc(O)c(CO)c2)c1)Nc1cccc(NS(=O)(=O)c2ccccc2)c1. The number of aromatic hydroxyl groups is 1. The van der Waals surface area contributed by atoms with Gasteiger partial charge in [0.2, 0.25) is 0 Å². The van der Waals surface area contributed by atoms with E-state index in [1.807, 2.05) is 18.2 Å². The van der Waals surface area contributed by atoms with Gasteiger partial charge in [0.15, 0.2) is 0 Å². The van der Waals surface area contributed by atoms with Crippen molar-refractivity contribution in [3.05, 3.63) is 114 Å². The molecule has 0 aliphatic heterocycles. The number of nitrogens with one attached hydrogen (secondary N) is 4. The normalized spacial score (nSPS) is 12.0. The van der Waals surface area contributed by atoms with Gasteiger partial charge < -0.3 is 40.7 Å². The second-order valence-corrected chi connectivity index (χ2v) is 13.3. The van der Waals surface area contributed by atoms with Crippen molar-refractivity contribution in [1.82, 2.24) is 5.32 Å². The lowest BCUT2D eigenvalue weighted by molar-refractivity contribution is 0.0393. The number of ether oxygens (including phenoxy) is 2. The Hall–Kier alpha value is -4.50. The highest BCUT2D eigenvalue weighted by Crippen LogP contribution is 2.23. The molecule has 0 aromatic heterocycles. The van der Waals surface area contributed by atoms with Crippen LogP contribution in [-0.2, 0) is 32.7 Å². The first-order valence-electron chi connectivity index (χ1n) is 16.6. The van der Waals surface area contributed by atoms with E-state index in [1.54, 1.807) is 54.6 Å². The van der Waals surface area contributed by atoms with E-state index in [9.17, 15) is 28.5 Å². The molecule has 0 heterocycles. The molecular formula is C37H46N4O8S. The summed E-state index contributed by atoms with van der Waals surface area (Å²) in [5.74, 6) is 0.0192. The molecule has 0 saturated carbocycles. The Balaban J connectivity index is 1.04. The topological polar surface area (TPSA) is 178 Å². The van der Waals surface area contributed by atoms with Crippen LogP contribution in [0.4, 0.5) is 21.9 Å². The lowest BCUT2D eigenvalue weighted by Gasteiger charge is -2.14. The Morgan fingerprint density at radius 3 is 2.22 bits per heavy atom. The maximum atomic E-state index is 12.7. The molecular weight excluding hydrogens is 660 g/mol. The van der Waals surface area contributed by atoms with Gasteiger partial charge in [-0.25, -0.2) is 13.2 Å². The third kappa shape index (κ3) is 13.1. The number of benzene rings is 4. The minimum absolute atomic E-state index is 0.0192. The lowest BCUT2D eigenvalue weighted by Crippen LogP contribution is -2.22. The number of hydrogen-bond acceptors (Lipinski definition) is 9. The zero-order chi connectivity index (χ0) is 35.6. The standard InChI is InChI=1S/C37H46N4O8S/c42-26-30-23-29(16-17-35(30)43)36(44)25-38-18-6-1-2-7-19-48-20-21-49-27-28-10-8-11-31(22-28)39-37(45)40-32-12-9-13-33(24-32)41-50(46,47)34-14-4-3-5-15-34/h3-5,8-17,22-24,36,38,41-44H,1-2,6-7,18-21,25-27H2,(H2,39,40,45)/t36-/m0/s1. The molecule has 2 amide bonds. The van der Waals surface area contributed by atoms with Gasteiger partial charge in [0.1, 0.15) is 5.75 Å². The van der Waals surface area contributed by atoms with Crippen LogP contribution in [0.5, 0.6) is 5.75 Å². The summed E-state index contributed by atoms with van der Waals surface area (Å²) in [5.41, 5.74) is 3.27. The molecule has 4 rings (SSSR count). The quantitative estimate of drug-likeness (QED) is 0.0532. The molecule has 268 valence electrons. The number of unbranched alkanes of at least 4 members (excludes halogenated alkanes) is 3. The first kappa shape index (κ1) is 38.3. The van der Waals surface area contributed by atoms with E-state index in [1.165, 1.54) is 24.3 Å². The predicted molar refractivity (Wildman–Crippen MR) is 194 cm³/mol. The fourth-order valence-electron chi connectivity index (χ4n) is 5.02. The minimum atomic E-state index is -3.76. The maximum Gasteiger partial charge on any atom is 0.323 e. The number of sulfonamides is 1. The number of aliphatic hydroxyl groups is 2. The van der Waals surface area contributed by atoms with E-state index < -0.39 is 22.2 Å². The number of hydrogen-bond donors (Lipinski definition) is 7. The van der Waals surface area contributed by atoms with E-state index in [0.29, 0.717) is 61.2 Å². The Morgan fingerprint density at radius 2 is 1.44 bits per heavy atom. The molecule has 7 N–H and O–H groups in total. The van der Waals surface area contributed by atoms with Gasteiger partial charge in [-0.15, -0.1) is 0 Å². The third-order valence-corrected chi connectivity index (χ3v) is 9.04. The Labute approximate surface area is 293 Å². The van der Waals surface area contributed by atoms with Crippen LogP contribution < -0.4 is 20.7 Å². The van der Waals surface area contributed by atoms with Crippen molar-refractivity contribution in [2.24, 2.45) is 0 Å². The molecule has 0 aliphatic rings. The summed E-state index contributed by atoms with van der Waals surface area (Å²) in [6.45, 7) is 2.84. The molecule has 13 heteroatoms. The van der Waals surface area contributed by atoms with Crippen molar-refractivity contribution in [1.29, 1.82) is 0 Å². The minimum Gasteiger partial charge on any atom is -0.508 e. The summed E-state index contributed by atoms with van der Waals surface area (Å²) >= 11 is 0. The molecule has 0 saturated heterocycles. The highest BCUT2D eigenvalue weighted by molar-refractivity contribution is 7.92. The molecule has 4 aromatic rings. The van der Waals surface area contributed by atoms with E-state index >= 15 is 0 Å². The second kappa shape index (κ2) is 20.2. The number of rotatable bonds is 21. The molecule has 1 atom stereocenters. The van der Waals surface area contributed by atoms with Gasteiger partial charge in [-0.2, -0.15) is 0 Å². The summed E-state index contributed by atoms with van der Waals surface area (Å²) in [6, 6.07) is 26.1. The molecule has 0 unspecified atom stereocenters. The van der Waals surface area contributed by atoms with Crippen molar-refractivity contribution in [2.75, 3.05) is 48.3 Å². The van der Waals surface area contributed by atoms with Crippen molar-refractivity contribution < 1.29 is 38.0 Å². The van der Waals surface area contributed by atoms with Gasteiger partial charge in [-0.1, -0.05) is 55.3 Å². The van der Waals surface area contributed by atoms with Crippen LogP contribution >= 0.6 is 0 Å².